The summed E-state index contributed by atoms with van der Waals surface area (Å²) >= 11 is 1.64. The average molecular weight is 406 g/mol. The Bertz CT molecular complexity index is 689. The Labute approximate surface area is 170 Å². The van der Waals surface area contributed by atoms with Gasteiger partial charge in [0, 0.05) is 17.2 Å². The highest BCUT2D eigenvalue weighted by Crippen LogP contribution is 2.23. The molecule has 28 heavy (non-hydrogen) atoms. The first-order valence-corrected chi connectivity index (χ1v) is 11.1. The molecule has 0 unspecified atom stereocenters. The molecule has 1 saturated carbocycles. The summed E-state index contributed by atoms with van der Waals surface area (Å²) in [6, 6.07) is 6.13. The fraction of sp³-hybridized carbons (Fsp3) is 0.550. The number of benzene rings is 1. The van der Waals surface area contributed by atoms with Gasteiger partial charge in [0.2, 0.25) is 5.91 Å². The van der Waals surface area contributed by atoms with Crippen molar-refractivity contribution < 1.29 is 9.59 Å². The number of nitrogens with one attached hydrogen (secondary N) is 3. The average Bonchev–Trinajstić information content (AvgIpc) is 2.71. The van der Waals surface area contributed by atoms with Crippen molar-refractivity contribution >= 4 is 29.4 Å². The molecule has 1 aromatic carbocycles. The fourth-order valence-electron chi connectivity index (χ4n) is 3.42. The van der Waals surface area contributed by atoms with Crippen LogP contribution >= 0.6 is 11.8 Å². The molecule has 8 heteroatoms. The molecule has 0 heterocycles. The highest BCUT2D eigenvalue weighted by molar-refractivity contribution is 7.98. The predicted molar refractivity (Wildman–Crippen MR) is 115 cm³/mol. The van der Waals surface area contributed by atoms with Crippen molar-refractivity contribution in [1.29, 1.82) is 5.41 Å². The van der Waals surface area contributed by atoms with Gasteiger partial charge >= 0.3 is 0 Å². The van der Waals surface area contributed by atoms with Crippen LogP contribution < -0.4 is 22.1 Å². The van der Waals surface area contributed by atoms with Crippen molar-refractivity contribution in [2.75, 3.05) is 18.6 Å². The van der Waals surface area contributed by atoms with Gasteiger partial charge in [-0.1, -0.05) is 12.1 Å². The highest BCUT2D eigenvalue weighted by atomic mass is 32.2. The van der Waals surface area contributed by atoms with Crippen LogP contribution in [0.15, 0.2) is 24.3 Å². The van der Waals surface area contributed by atoms with Crippen molar-refractivity contribution in [3.8, 4) is 0 Å². The Morgan fingerprint density at radius 2 is 1.93 bits per heavy atom. The molecule has 154 valence electrons. The number of amidine groups is 1. The highest BCUT2D eigenvalue weighted by Gasteiger charge is 2.26. The van der Waals surface area contributed by atoms with Crippen LogP contribution in [0.25, 0.3) is 0 Å². The molecule has 1 aliphatic carbocycles. The Balaban J connectivity index is 2.00. The molecular weight excluding hydrogens is 374 g/mol. The third kappa shape index (κ3) is 6.53. The number of carbonyl (C=O) groups is 2. The van der Waals surface area contributed by atoms with Gasteiger partial charge in [-0.05, 0) is 68.7 Å². The molecule has 1 fully saturated rings. The van der Waals surface area contributed by atoms with E-state index in [-0.39, 0.29) is 23.7 Å². The van der Waals surface area contributed by atoms with Gasteiger partial charge in [-0.2, -0.15) is 11.8 Å². The molecule has 7 N–H and O–H groups in total. The zero-order valence-corrected chi connectivity index (χ0v) is 17.2. The van der Waals surface area contributed by atoms with Crippen LogP contribution in [0.4, 0.5) is 0 Å². The van der Waals surface area contributed by atoms with E-state index in [9.17, 15) is 9.59 Å². The van der Waals surface area contributed by atoms with E-state index in [0.717, 1.165) is 31.4 Å². The van der Waals surface area contributed by atoms with Crippen LogP contribution in [0, 0.1) is 11.3 Å². The smallest absolute Gasteiger partial charge is 0.251 e. The molecule has 7 nitrogen and oxygen atoms in total. The maximum absolute atomic E-state index is 12.8. The second kappa shape index (κ2) is 11.1. The number of hydrogen-bond donors (Lipinski definition) is 5. The molecule has 0 saturated heterocycles. The number of carbonyl (C=O) groups excluding carboxylic acids is 2. The Morgan fingerprint density at radius 1 is 1.25 bits per heavy atom. The maximum Gasteiger partial charge on any atom is 0.251 e. The van der Waals surface area contributed by atoms with E-state index in [2.05, 4.69) is 10.6 Å². The largest absolute Gasteiger partial charge is 0.384 e. The number of nitrogens with two attached hydrogens (primary N) is 2. The van der Waals surface area contributed by atoms with Crippen LogP contribution in [0.1, 0.15) is 48.0 Å². The van der Waals surface area contributed by atoms with Gasteiger partial charge in [0.25, 0.3) is 5.91 Å². The summed E-state index contributed by atoms with van der Waals surface area (Å²) in [5.41, 5.74) is 12.1. The topological polar surface area (TPSA) is 134 Å². The van der Waals surface area contributed by atoms with E-state index in [0.29, 0.717) is 30.0 Å². The zero-order chi connectivity index (χ0) is 20.5. The van der Waals surface area contributed by atoms with E-state index in [1.54, 1.807) is 36.0 Å². The molecule has 1 aliphatic rings. The Hall–Kier alpha value is -2.06. The van der Waals surface area contributed by atoms with Gasteiger partial charge in [0.1, 0.15) is 11.9 Å². The molecular formula is C20H31N5O2S. The predicted octanol–water partition coefficient (Wildman–Crippen LogP) is 1.46. The van der Waals surface area contributed by atoms with Crippen molar-refractivity contribution in [2.24, 2.45) is 17.4 Å². The number of nitrogen functional groups attached to an aromatic ring is 1. The lowest BCUT2D eigenvalue weighted by atomic mass is 9.86. The van der Waals surface area contributed by atoms with Gasteiger partial charge in [0.05, 0.1) is 0 Å². The van der Waals surface area contributed by atoms with Gasteiger partial charge in [-0.25, -0.2) is 0 Å². The normalized spacial score (nSPS) is 20.2. The van der Waals surface area contributed by atoms with E-state index in [4.69, 9.17) is 16.9 Å². The molecule has 1 aromatic rings. The van der Waals surface area contributed by atoms with E-state index in [1.165, 1.54) is 0 Å². The molecule has 2 amide bonds. The van der Waals surface area contributed by atoms with Crippen LogP contribution in [-0.4, -0.2) is 48.3 Å². The first-order valence-electron chi connectivity index (χ1n) is 9.69. The van der Waals surface area contributed by atoms with Gasteiger partial charge < -0.3 is 22.1 Å². The third-order valence-corrected chi connectivity index (χ3v) is 5.84. The van der Waals surface area contributed by atoms with Crippen LogP contribution in [-0.2, 0) is 4.79 Å². The minimum absolute atomic E-state index is 0.0978. The van der Waals surface area contributed by atoms with Crippen molar-refractivity contribution in [3.05, 3.63) is 35.4 Å². The lowest BCUT2D eigenvalue weighted by Gasteiger charge is -2.29. The molecule has 0 spiro atoms. The summed E-state index contributed by atoms with van der Waals surface area (Å²) in [6.07, 6.45) is 6.45. The van der Waals surface area contributed by atoms with Gasteiger partial charge in [-0.3, -0.25) is 15.0 Å². The van der Waals surface area contributed by atoms with Crippen LogP contribution in [0.2, 0.25) is 0 Å². The standard InChI is InChI=1S/C20H31N5O2S/c1-28-10-9-17(20(27)24-16-7-5-13(12-21)6-8-16)25-19(26)15-4-2-3-14(11-15)18(22)23/h2-4,11,13,16-17H,5-10,12,21H2,1H3,(H3,22,23)(H,24,27)(H,25,26)/t13?,16?,17-/m0/s1. The second-order valence-corrected chi connectivity index (χ2v) is 8.25. The Kier molecular flexibility index (Phi) is 8.79. The Morgan fingerprint density at radius 3 is 2.54 bits per heavy atom. The summed E-state index contributed by atoms with van der Waals surface area (Å²) in [6.45, 7) is 0.701. The summed E-state index contributed by atoms with van der Waals surface area (Å²) in [4.78, 5) is 25.4. The lowest BCUT2D eigenvalue weighted by molar-refractivity contribution is -0.124. The van der Waals surface area contributed by atoms with Gasteiger partial charge in [-0.15, -0.1) is 0 Å². The SMILES string of the molecule is CSCC[C@H](NC(=O)c1cccc(C(=N)N)c1)C(=O)NC1CCC(CN)CC1. The van der Waals surface area contributed by atoms with E-state index < -0.39 is 6.04 Å². The van der Waals surface area contributed by atoms with Crippen LogP contribution in [0.3, 0.4) is 0 Å². The number of rotatable bonds is 9. The molecule has 2 rings (SSSR count). The minimum Gasteiger partial charge on any atom is -0.384 e. The van der Waals surface area contributed by atoms with Crippen molar-refractivity contribution in [1.82, 2.24) is 10.6 Å². The quantitative estimate of drug-likeness (QED) is 0.313. The number of hydrogen-bond acceptors (Lipinski definition) is 5. The van der Waals surface area contributed by atoms with Crippen molar-refractivity contribution in [3.63, 3.8) is 0 Å². The van der Waals surface area contributed by atoms with E-state index in [1.807, 2.05) is 6.26 Å². The van der Waals surface area contributed by atoms with Gasteiger partial charge in [0.15, 0.2) is 0 Å². The first-order chi connectivity index (χ1) is 13.4. The first kappa shape index (κ1) is 22.2. The molecule has 1 atom stereocenters. The minimum atomic E-state index is -0.590. The summed E-state index contributed by atoms with van der Waals surface area (Å²) in [5.74, 6) is 0.747. The monoisotopic (exact) mass is 405 g/mol. The van der Waals surface area contributed by atoms with Crippen molar-refractivity contribution in [2.45, 2.75) is 44.2 Å². The van der Waals surface area contributed by atoms with E-state index >= 15 is 0 Å². The molecule has 0 aromatic heterocycles. The molecule has 0 bridgehead atoms. The number of amides is 2. The summed E-state index contributed by atoms with van der Waals surface area (Å²) in [5, 5.41) is 13.5. The third-order valence-electron chi connectivity index (χ3n) is 5.19. The molecule has 0 aliphatic heterocycles. The fourth-order valence-corrected chi connectivity index (χ4v) is 3.89. The summed E-state index contributed by atoms with van der Waals surface area (Å²) < 4.78 is 0. The second-order valence-electron chi connectivity index (χ2n) is 7.26. The maximum atomic E-state index is 12.8. The lowest BCUT2D eigenvalue weighted by Crippen LogP contribution is -2.50. The zero-order valence-electron chi connectivity index (χ0n) is 16.4. The summed E-state index contributed by atoms with van der Waals surface area (Å²) in [7, 11) is 0. The van der Waals surface area contributed by atoms with Crippen LogP contribution in [0.5, 0.6) is 0 Å². The molecule has 0 radical (unpaired) electrons. The number of thioether (sulfide) groups is 1.